The fourth-order valence-corrected chi connectivity index (χ4v) is 2.85. The molecular weight excluding hydrogens is 367 g/mol. The van der Waals surface area contributed by atoms with E-state index in [4.69, 9.17) is 0 Å². The Morgan fingerprint density at radius 2 is 1.50 bits per heavy atom. The number of aliphatic hydroxyl groups is 1. The predicted octanol–water partition coefficient (Wildman–Crippen LogP) is 4.84. The first-order chi connectivity index (χ1) is 13.4. The van der Waals surface area contributed by atoms with Gasteiger partial charge >= 0.3 is 6.18 Å². The molecule has 2 N–H and O–H groups in total. The van der Waals surface area contributed by atoms with Gasteiger partial charge in [-0.05, 0) is 34.9 Å². The number of nitrogens with one attached hydrogen (secondary N) is 1. The topological polar surface area (TPSA) is 49.3 Å². The fourth-order valence-electron chi connectivity index (χ4n) is 2.85. The van der Waals surface area contributed by atoms with Crippen molar-refractivity contribution in [2.24, 2.45) is 0 Å². The van der Waals surface area contributed by atoms with Crippen molar-refractivity contribution in [1.29, 1.82) is 0 Å². The second-order valence-corrected chi connectivity index (χ2v) is 6.26. The molecule has 3 nitrogen and oxygen atoms in total. The normalized spacial score (nSPS) is 12.4. The SMILES string of the molecule is O=C(NCC(O)c1ccccc1)c1ccccc1-c1ccc(C(F)(F)F)cc1. The molecule has 3 aromatic carbocycles. The molecule has 0 fully saturated rings. The van der Waals surface area contributed by atoms with E-state index in [-0.39, 0.29) is 6.54 Å². The second-order valence-electron chi connectivity index (χ2n) is 6.26. The maximum absolute atomic E-state index is 12.8. The minimum Gasteiger partial charge on any atom is -0.387 e. The first-order valence-corrected chi connectivity index (χ1v) is 8.64. The van der Waals surface area contributed by atoms with Gasteiger partial charge in [0.1, 0.15) is 0 Å². The van der Waals surface area contributed by atoms with Crippen LogP contribution < -0.4 is 5.32 Å². The Hall–Kier alpha value is -3.12. The van der Waals surface area contributed by atoms with Gasteiger partial charge in [0.15, 0.2) is 0 Å². The van der Waals surface area contributed by atoms with Crippen molar-refractivity contribution in [3.63, 3.8) is 0 Å². The minimum atomic E-state index is -4.41. The van der Waals surface area contributed by atoms with Gasteiger partial charge in [0.05, 0.1) is 11.7 Å². The quantitative estimate of drug-likeness (QED) is 0.661. The summed E-state index contributed by atoms with van der Waals surface area (Å²) < 4.78 is 38.3. The second kappa shape index (κ2) is 8.27. The smallest absolute Gasteiger partial charge is 0.387 e. The third-order valence-corrected chi connectivity index (χ3v) is 4.34. The number of alkyl halides is 3. The molecule has 6 heteroatoms. The van der Waals surface area contributed by atoms with Crippen LogP contribution in [0.15, 0.2) is 78.9 Å². The van der Waals surface area contributed by atoms with Crippen LogP contribution in [0.25, 0.3) is 11.1 Å². The lowest BCUT2D eigenvalue weighted by atomic mass is 9.98. The minimum absolute atomic E-state index is 0.0180. The van der Waals surface area contributed by atoms with Gasteiger partial charge in [0.2, 0.25) is 0 Å². The third-order valence-electron chi connectivity index (χ3n) is 4.34. The first kappa shape index (κ1) is 19.6. The number of hydrogen-bond donors (Lipinski definition) is 2. The molecule has 0 aliphatic carbocycles. The summed E-state index contributed by atoms with van der Waals surface area (Å²) >= 11 is 0. The molecule has 0 radical (unpaired) electrons. The van der Waals surface area contributed by atoms with Crippen LogP contribution >= 0.6 is 0 Å². The number of halogens is 3. The number of amides is 1. The van der Waals surface area contributed by atoms with E-state index in [2.05, 4.69) is 5.32 Å². The van der Waals surface area contributed by atoms with Gasteiger partial charge in [0, 0.05) is 12.1 Å². The van der Waals surface area contributed by atoms with Crippen LogP contribution in [0.1, 0.15) is 27.6 Å². The lowest BCUT2D eigenvalue weighted by Crippen LogP contribution is -2.28. The summed E-state index contributed by atoms with van der Waals surface area (Å²) in [7, 11) is 0. The van der Waals surface area contributed by atoms with E-state index in [0.29, 0.717) is 22.3 Å². The van der Waals surface area contributed by atoms with Gasteiger partial charge in [-0.2, -0.15) is 13.2 Å². The van der Waals surface area contributed by atoms with Crippen LogP contribution in [0.5, 0.6) is 0 Å². The fraction of sp³-hybridized carbons (Fsp3) is 0.136. The van der Waals surface area contributed by atoms with Gasteiger partial charge in [0.25, 0.3) is 5.91 Å². The summed E-state index contributed by atoms with van der Waals surface area (Å²) in [4.78, 5) is 12.6. The average Bonchev–Trinajstić information content (AvgIpc) is 2.72. The van der Waals surface area contributed by atoms with Gasteiger partial charge in [-0.1, -0.05) is 60.7 Å². The largest absolute Gasteiger partial charge is 0.416 e. The monoisotopic (exact) mass is 385 g/mol. The molecule has 1 amide bonds. The van der Waals surface area contributed by atoms with Crippen molar-refractivity contribution in [1.82, 2.24) is 5.32 Å². The summed E-state index contributed by atoms with van der Waals surface area (Å²) in [5.41, 5.74) is 1.27. The summed E-state index contributed by atoms with van der Waals surface area (Å²) in [5, 5.41) is 12.9. The lowest BCUT2D eigenvalue weighted by molar-refractivity contribution is -0.137. The number of aliphatic hydroxyl groups excluding tert-OH is 1. The van der Waals surface area contributed by atoms with Crippen LogP contribution in [-0.2, 0) is 6.18 Å². The molecule has 0 aliphatic rings. The number of carbonyl (C=O) groups is 1. The highest BCUT2D eigenvalue weighted by atomic mass is 19.4. The Balaban J connectivity index is 1.77. The Kier molecular flexibility index (Phi) is 5.80. The van der Waals surface area contributed by atoms with Gasteiger partial charge in [-0.25, -0.2) is 0 Å². The molecule has 0 aliphatic heterocycles. The zero-order valence-corrected chi connectivity index (χ0v) is 14.8. The molecule has 3 rings (SSSR count). The lowest BCUT2D eigenvalue weighted by Gasteiger charge is -2.14. The van der Waals surface area contributed by atoms with E-state index in [1.54, 1.807) is 48.5 Å². The standard InChI is InChI=1S/C22H18F3NO2/c23-22(24,25)17-12-10-15(11-13-17)18-8-4-5-9-19(18)21(28)26-14-20(27)16-6-2-1-3-7-16/h1-13,20,27H,14H2,(H,26,28). The van der Waals surface area contributed by atoms with Crippen molar-refractivity contribution in [3.05, 3.63) is 95.6 Å². The molecule has 3 aromatic rings. The molecule has 0 saturated heterocycles. The summed E-state index contributed by atoms with van der Waals surface area (Å²) in [6.45, 7) is 0.0180. The molecule has 0 bridgehead atoms. The summed E-state index contributed by atoms with van der Waals surface area (Å²) in [6, 6.07) is 20.2. The Morgan fingerprint density at radius 3 is 2.14 bits per heavy atom. The average molecular weight is 385 g/mol. The molecule has 0 heterocycles. The van der Waals surface area contributed by atoms with Crippen LogP contribution in [0.4, 0.5) is 13.2 Å². The third kappa shape index (κ3) is 4.58. The molecule has 0 spiro atoms. The highest BCUT2D eigenvalue weighted by molar-refractivity contribution is 6.00. The van der Waals surface area contributed by atoms with Gasteiger partial charge < -0.3 is 10.4 Å². The Morgan fingerprint density at radius 1 is 0.893 bits per heavy atom. The highest BCUT2D eigenvalue weighted by Gasteiger charge is 2.30. The number of rotatable bonds is 5. The Bertz CT molecular complexity index is 938. The van der Waals surface area contributed by atoms with Crippen molar-refractivity contribution in [3.8, 4) is 11.1 Å². The maximum Gasteiger partial charge on any atom is 0.416 e. The zero-order valence-electron chi connectivity index (χ0n) is 14.8. The van der Waals surface area contributed by atoms with E-state index < -0.39 is 23.8 Å². The van der Waals surface area contributed by atoms with Crippen molar-refractivity contribution in [2.75, 3.05) is 6.54 Å². The molecular formula is C22H18F3NO2. The van der Waals surface area contributed by atoms with Crippen molar-refractivity contribution >= 4 is 5.91 Å². The predicted molar refractivity (Wildman–Crippen MR) is 101 cm³/mol. The maximum atomic E-state index is 12.8. The summed E-state index contributed by atoms with van der Waals surface area (Å²) in [5.74, 6) is -0.412. The molecule has 1 atom stereocenters. The zero-order chi connectivity index (χ0) is 20.1. The van der Waals surface area contributed by atoms with Crippen LogP contribution in [0, 0.1) is 0 Å². The number of carbonyl (C=O) groups excluding carboxylic acids is 1. The number of benzene rings is 3. The van der Waals surface area contributed by atoms with E-state index in [1.165, 1.54) is 12.1 Å². The van der Waals surface area contributed by atoms with Crippen LogP contribution in [0.2, 0.25) is 0 Å². The van der Waals surface area contributed by atoms with Gasteiger partial charge in [-0.3, -0.25) is 4.79 Å². The molecule has 144 valence electrons. The van der Waals surface area contributed by atoms with Crippen molar-refractivity contribution < 1.29 is 23.1 Å². The van der Waals surface area contributed by atoms with Crippen LogP contribution in [-0.4, -0.2) is 17.6 Å². The number of hydrogen-bond acceptors (Lipinski definition) is 2. The van der Waals surface area contributed by atoms with E-state index >= 15 is 0 Å². The van der Waals surface area contributed by atoms with E-state index in [9.17, 15) is 23.1 Å². The van der Waals surface area contributed by atoms with E-state index in [0.717, 1.165) is 12.1 Å². The molecule has 0 saturated carbocycles. The highest BCUT2D eigenvalue weighted by Crippen LogP contribution is 2.31. The molecule has 28 heavy (non-hydrogen) atoms. The molecule has 0 aromatic heterocycles. The van der Waals surface area contributed by atoms with Crippen LogP contribution in [0.3, 0.4) is 0 Å². The molecule has 1 unspecified atom stereocenters. The van der Waals surface area contributed by atoms with E-state index in [1.807, 2.05) is 6.07 Å². The first-order valence-electron chi connectivity index (χ1n) is 8.64. The summed E-state index contributed by atoms with van der Waals surface area (Å²) in [6.07, 6.45) is -5.27. The van der Waals surface area contributed by atoms with Crippen molar-refractivity contribution in [2.45, 2.75) is 12.3 Å². The Labute approximate surface area is 160 Å². The van der Waals surface area contributed by atoms with Gasteiger partial charge in [-0.15, -0.1) is 0 Å².